The summed E-state index contributed by atoms with van der Waals surface area (Å²) in [6.45, 7) is 3.84. The van der Waals surface area contributed by atoms with Crippen LogP contribution in [-0.2, 0) is 0 Å². The lowest BCUT2D eigenvalue weighted by atomic mass is 10.2. The molecule has 0 bridgehead atoms. The number of aromatic nitrogens is 1. The summed E-state index contributed by atoms with van der Waals surface area (Å²) in [6, 6.07) is 9.94. The fourth-order valence-electron chi connectivity index (χ4n) is 2.36. The lowest BCUT2D eigenvalue weighted by Gasteiger charge is -2.15. The minimum atomic E-state index is -0.0386. The van der Waals surface area contributed by atoms with Crippen LogP contribution in [0, 0.1) is 5.92 Å². The van der Waals surface area contributed by atoms with Crippen molar-refractivity contribution in [3.8, 4) is 11.3 Å². The van der Waals surface area contributed by atoms with E-state index in [-0.39, 0.29) is 6.03 Å². The molecule has 104 valence electrons. The van der Waals surface area contributed by atoms with E-state index in [9.17, 15) is 4.79 Å². The van der Waals surface area contributed by atoms with Crippen molar-refractivity contribution in [2.75, 3.05) is 18.4 Å². The topological polar surface area (TPSA) is 45.2 Å². The number of likely N-dealkylation sites (tertiary alicyclic amines) is 1. The molecule has 0 aliphatic carbocycles. The second kappa shape index (κ2) is 5.63. The number of amides is 2. The van der Waals surface area contributed by atoms with E-state index >= 15 is 0 Å². The van der Waals surface area contributed by atoms with E-state index < -0.39 is 0 Å². The standard InChI is InChI=1S/C15H17N3OS/c1-11-7-8-18(9-11)15(19)17-14-16-13(10-20-14)12-5-3-2-4-6-12/h2-6,10-11H,7-9H2,1H3,(H,16,17,19)/t11-/m0/s1. The van der Waals surface area contributed by atoms with Crippen LogP contribution in [0.5, 0.6) is 0 Å². The monoisotopic (exact) mass is 287 g/mol. The maximum absolute atomic E-state index is 12.1. The SMILES string of the molecule is C[C@H]1CCN(C(=O)Nc2nc(-c3ccccc3)cs2)C1. The summed E-state index contributed by atoms with van der Waals surface area (Å²) < 4.78 is 0. The molecule has 2 aromatic rings. The number of urea groups is 1. The Hall–Kier alpha value is -1.88. The molecule has 1 aliphatic heterocycles. The van der Waals surface area contributed by atoms with Gasteiger partial charge in [0.05, 0.1) is 5.69 Å². The van der Waals surface area contributed by atoms with Gasteiger partial charge in [0, 0.05) is 24.0 Å². The number of hydrogen-bond donors (Lipinski definition) is 1. The first-order chi connectivity index (χ1) is 9.72. The third kappa shape index (κ3) is 2.82. The molecule has 3 rings (SSSR count). The van der Waals surface area contributed by atoms with E-state index in [1.807, 2.05) is 40.6 Å². The van der Waals surface area contributed by atoms with Gasteiger partial charge in [-0.15, -0.1) is 11.3 Å². The molecule has 1 aromatic heterocycles. The number of anilines is 1. The van der Waals surface area contributed by atoms with Crippen molar-refractivity contribution in [3.05, 3.63) is 35.7 Å². The fraction of sp³-hybridized carbons (Fsp3) is 0.333. The molecule has 4 nitrogen and oxygen atoms in total. The van der Waals surface area contributed by atoms with Crippen LogP contribution < -0.4 is 5.32 Å². The Morgan fingerprint density at radius 3 is 2.90 bits per heavy atom. The van der Waals surface area contributed by atoms with Gasteiger partial charge in [0.25, 0.3) is 0 Å². The molecule has 1 atom stereocenters. The molecule has 1 aliphatic rings. The van der Waals surface area contributed by atoms with Crippen LogP contribution in [0.3, 0.4) is 0 Å². The Bertz CT molecular complexity index is 596. The summed E-state index contributed by atoms with van der Waals surface area (Å²) >= 11 is 1.46. The average Bonchev–Trinajstić information content (AvgIpc) is 3.09. The van der Waals surface area contributed by atoms with Crippen LogP contribution in [0.25, 0.3) is 11.3 Å². The van der Waals surface area contributed by atoms with Crippen LogP contribution in [0.2, 0.25) is 0 Å². The molecule has 1 N–H and O–H groups in total. The number of carbonyl (C=O) groups is 1. The van der Waals surface area contributed by atoms with Crippen molar-refractivity contribution in [3.63, 3.8) is 0 Å². The van der Waals surface area contributed by atoms with Crippen molar-refractivity contribution in [1.29, 1.82) is 0 Å². The lowest BCUT2D eigenvalue weighted by molar-refractivity contribution is 0.221. The summed E-state index contributed by atoms with van der Waals surface area (Å²) in [6.07, 6.45) is 1.08. The number of nitrogens with one attached hydrogen (secondary N) is 1. The summed E-state index contributed by atoms with van der Waals surface area (Å²) in [5, 5.41) is 5.52. The molecule has 20 heavy (non-hydrogen) atoms. The van der Waals surface area contributed by atoms with E-state index in [4.69, 9.17) is 0 Å². The first-order valence-electron chi connectivity index (χ1n) is 6.79. The maximum Gasteiger partial charge on any atom is 0.323 e. The number of thiazole rings is 1. The molecule has 5 heteroatoms. The Morgan fingerprint density at radius 1 is 1.40 bits per heavy atom. The van der Waals surface area contributed by atoms with Gasteiger partial charge in [-0.3, -0.25) is 5.32 Å². The van der Waals surface area contributed by atoms with Gasteiger partial charge in [0.15, 0.2) is 5.13 Å². The first-order valence-corrected chi connectivity index (χ1v) is 7.67. The Kier molecular flexibility index (Phi) is 3.69. The molecule has 0 saturated carbocycles. The Balaban J connectivity index is 1.67. The van der Waals surface area contributed by atoms with Crippen LogP contribution >= 0.6 is 11.3 Å². The van der Waals surface area contributed by atoms with Crippen molar-refractivity contribution in [2.45, 2.75) is 13.3 Å². The van der Waals surface area contributed by atoms with E-state index in [2.05, 4.69) is 17.2 Å². The highest BCUT2D eigenvalue weighted by Crippen LogP contribution is 2.25. The molecule has 0 unspecified atom stereocenters. The predicted molar refractivity (Wildman–Crippen MR) is 81.9 cm³/mol. The average molecular weight is 287 g/mol. The van der Waals surface area contributed by atoms with Crippen molar-refractivity contribution in [2.24, 2.45) is 5.92 Å². The Morgan fingerprint density at radius 2 is 2.20 bits per heavy atom. The zero-order valence-corrected chi connectivity index (χ0v) is 12.2. The maximum atomic E-state index is 12.1. The summed E-state index contributed by atoms with van der Waals surface area (Å²) in [5.41, 5.74) is 1.97. The number of rotatable bonds is 2. The zero-order chi connectivity index (χ0) is 13.9. The van der Waals surface area contributed by atoms with Gasteiger partial charge in [-0.05, 0) is 12.3 Å². The second-order valence-electron chi connectivity index (χ2n) is 5.17. The lowest BCUT2D eigenvalue weighted by Crippen LogP contribution is -2.32. The Labute approximate surface area is 122 Å². The van der Waals surface area contributed by atoms with Crippen LogP contribution in [0.1, 0.15) is 13.3 Å². The van der Waals surface area contributed by atoms with Gasteiger partial charge in [0.1, 0.15) is 0 Å². The molecule has 2 heterocycles. The van der Waals surface area contributed by atoms with E-state index in [0.717, 1.165) is 30.8 Å². The molecule has 2 amide bonds. The molecule has 1 aromatic carbocycles. The quantitative estimate of drug-likeness (QED) is 0.915. The van der Waals surface area contributed by atoms with Gasteiger partial charge in [-0.2, -0.15) is 0 Å². The van der Waals surface area contributed by atoms with Gasteiger partial charge < -0.3 is 4.90 Å². The minimum absolute atomic E-state index is 0.0386. The highest BCUT2D eigenvalue weighted by molar-refractivity contribution is 7.14. The van der Waals surface area contributed by atoms with Gasteiger partial charge in [-0.1, -0.05) is 37.3 Å². The van der Waals surface area contributed by atoms with E-state index in [1.54, 1.807) is 0 Å². The van der Waals surface area contributed by atoms with Gasteiger partial charge >= 0.3 is 6.03 Å². The number of benzene rings is 1. The van der Waals surface area contributed by atoms with Gasteiger partial charge in [-0.25, -0.2) is 9.78 Å². The third-order valence-electron chi connectivity index (χ3n) is 3.50. The van der Waals surface area contributed by atoms with Crippen LogP contribution in [0.15, 0.2) is 35.7 Å². The number of carbonyl (C=O) groups excluding carboxylic acids is 1. The molecular weight excluding hydrogens is 270 g/mol. The second-order valence-corrected chi connectivity index (χ2v) is 6.03. The van der Waals surface area contributed by atoms with Crippen molar-refractivity contribution < 1.29 is 4.79 Å². The summed E-state index contributed by atoms with van der Waals surface area (Å²) in [4.78, 5) is 18.4. The van der Waals surface area contributed by atoms with Crippen molar-refractivity contribution >= 4 is 22.5 Å². The zero-order valence-electron chi connectivity index (χ0n) is 11.4. The largest absolute Gasteiger partial charge is 0.324 e. The van der Waals surface area contributed by atoms with Crippen LogP contribution in [-0.4, -0.2) is 29.0 Å². The number of nitrogens with zero attached hydrogens (tertiary/aromatic N) is 2. The summed E-state index contributed by atoms with van der Waals surface area (Å²) in [7, 11) is 0. The molecule has 1 fully saturated rings. The minimum Gasteiger partial charge on any atom is -0.324 e. The third-order valence-corrected chi connectivity index (χ3v) is 4.26. The highest BCUT2D eigenvalue weighted by Gasteiger charge is 2.23. The smallest absolute Gasteiger partial charge is 0.323 e. The fourth-order valence-corrected chi connectivity index (χ4v) is 3.07. The highest BCUT2D eigenvalue weighted by atomic mass is 32.1. The van der Waals surface area contributed by atoms with Gasteiger partial charge in [0.2, 0.25) is 0 Å². The van der Waals surface area contributed by atoms with E-state index in [0.29, 0.717) is 11.0 Å². The van der Waals surface area contributed by atoms with Crippen molar-refractivity contribution in [1.82, 2.24) is 9.88 Å². The van der Waals surface area contributed by atoms with Crippen LogP contribution in [0.4, 0.5) is 9.93 Å². The molecule has 1 saturated heterocycles. The first kappa shape index (κ1) is 13.1. The molecule has 0 radical (unpaired) electrons. The molecule has 0 spiro atoms. The predicted octanol–water partition coefficient (Wildman–Crippen LogP) is 3.68. The summed E-state index contributed by atoms with van der Waals surface area (Å²) in [5.74, 6) is 0.594. The molecular formula is C15H17N3OS. The normalized spacial score (nSPS) is 18.2. The van der Waals surface area contributed by atoms with E-state index in [1.165, 1.54) is 11.3 Å². The number of hydrogen-bond acceptors (Lipinski definition) is 3.